The molecule has 0 unspecified atom stereocenters. The van der Waals surface area contributed by atoms with Gasteiger partial charge in [-0.3, -0.25) is 14.4 Å². The van der Waals surface area contributed by atoms with E-state index >= 15 is 0 Å². The predicted octanol–water partition coefficient (Wildman–Crippen LogP) is 3.32. The molecule has 1 aliphatic rings. The fraction of sp³-hybridized carbons (Fsp3) is 0.0455. The zero-order valence-corrected chi connectivity index (χ0v) is 14.9. The molecule has 3 aromatic rings. The van der Waals surface area contributed by atoms with E-state index in [2.05, 4.69) is 5.32 Å². The first-order valence-corrected chi connectivity index (χ1v) is 8.68. The minimum Gasteiger partial charge on any atom is -0.504 e. The number of halogens is 1. The van der Waals surface area contributed by atoms with Gasteiger partial charge in [-0.15, -0.1) is 0 Å². The van der Waals surface area contributed by atoms with Crippen LogP contribution in [0.25, 0.3) is 0 Å². The van der Waals surface area contributed by atoms with Crippen molar-refractivity contribution in [1.82, 2.24) is 0 Å². The van der Waals surface area contributed by atoms with Gasteiger partial charge in [0, 0.05) is 22.4 Å². The van der Waals surface area contributed by atoms with Crippen LogP contribution in [0.15, 0.2) is 60.7 Å². The molecule has 6 nitrogen and oxygen atoms in total. The van der Waals surface area contributed by atoms with Crippen LogP contribution in [0.4, 0.5) is 10.1 Å². The maximum atomic E-state index is 12.9. The van der Waals surface area contributed by atoms with Crippen molar-refractivity contribution in [3.05, 3.63) is 88.7 Å². The van der Waals surface area contributed by atoms with Gasteiger partial charge in [0.1, 0.15) is 5.82 Å². The van der Waals surface area contributed by atoms with E-state index in [0.717, 1.165) is 0 Å². The number of fused-ring (bicyclic) bond motifs is 2. The first-order valence-electron chi connectivity index (χ1n) is 8.68. The zero-order valence-electron chi connectivity index (χ0n) is 14.9. The van der Waals surface area contributed by atoms with Crippen LogP contribution in [0.3, 0.4) is 0 Å². The summed E-state index contributed by atoms with van der Waals surface area (Å²) in [4.78, 5) is 37.4. The summed E-state index contributed by atoms with van der Waals surface area (Å²) in [5, 5.41) is 13.0. The van der Waals surface area contributed by atoms with E-state index in [1.807, 2.05) is 0 Å². The minimum absolute atomic E-state index is 0.0781. The van der Waals surface area contributed by atoms with Gasteiger partial charge in [-0.2, -0.15) is 0 Å². The highest BCUT2D eigenvalue weighted by Crippen LogP contribution is 2.38. The molecule has 3 aromatic carbocycles. The summed E-state index contributed by atoms with van der Waals surface area (Å²) in [5.41, 5.74) is 0.787. The lowest BCUT2D eigenvalue weighted by atomic mass is 9.83. The van der Waals surface area contributed by atoms with Gasteiger partial charge in [-0.05, 0) is 36.4 Å². The topological polar surface area (TPSA) is 92.7 Å². The Morgan fingerprint density at radius 1 is 0.897 bits per heavy atom. The number of nitrogens with one attached hydrogen (secondary N) is 1. The lowest BCUT2D eigenvalue weighted by Crippen LogP contribution is -2.22. The molecule has 0 spiro atoms. The molecule has 1 amide bonds. The summed E-state index contributed by atoms with van der Waals surface area (Å²) in [6, 6.07) is 14.3. The van der Waals surface area contributed by atoms with Crippen LogP contribution in [-0.4, -0.2) is 29.2 Å². The van der Waals surface area contributed by atoms with Crippen LogP contribution in [0, 0.1) is 5.82 Å². The molecular weight excluding hydrogens is 377 g/mol. The van der Waals surface area contributed by atoms with E-state index in [1.54, 1.807) is 18.2 Å². The number of benzene rings is 3. The van der Waals surface area contributed by atoms with Gasteiger partial charge < -0.3 is 15.2 Å². The third kappa shape index (κ3) is 3.34. The van der Waals surface area contributed by atoms with Gasteiger partial charge in [-0.25, -0.2) is 4.39 Å². The average Bonchev–Trinajstić information content (AvgIpc) is 2.72. The normalized spacial score (nSPS) is 12.2. The van der Waals surface area contributed by atoms with Crippen molar-refractivity contribution in [3.63, 3.8) is 0 Å². The number of anilines is 1. The molecule has 0 bridgehead atoms. The summed E-state index contributed by atoms with van der Waals surface area (Å²) in [6.07, 6.45) is 0. The van der Waals surface area contributed by atoms with E-state index < -0.39 is 29.9 Å². The van der Waals surface area contributed by atoms with Crippen molar-refractivity contribution in [3.8, 4) is 11.5 Å². The maximum absolute atomic E-state index is 12.9. The number of hydrogen-bond acceptors (Lipinski definition) is 5. The number of carbonyl (C=O) groups excluding carboxylic acids is 3. The molecule has 1 aliphatic carbocycles. The molecule has 7 heteroatoms. The fourth-order valence-corrected chi connectivity index (χ4v) is 3.14. The van der Waals surface area contributed by atoms with Crippen molar-refractivity contribution in [2.75, 3.05) is 11.9 Å². The van der Waals surface area contributed by atoms with E-state index in [-0.39, 0.29) is 33.8 Å². The van der Waals surface area contributed by atoms with Crippen LogP contribution in [-0.2, 0) is 4.79 Å². The second kappa shape index (κ2) is 7.20. The Bertz CT molecular complexity index is 1150. The van der Waals surface area contributed by atoms with Crippen molar-refractivity contribution in [2.45, 2.75) is 0 Å². The molecule has 0 aliphatic heterocycles. The third-order valence-corrected chi connectivity index (χ3v) is 4.52. The summed E-state index contributed by atoms with van der Waals surface area (Å²) in [7, 11) is 0. The zero-order chi connectivity index (χ0) is 20.5. The van der Waals surface area contributed by atoms with E-state index in [1.165, 1.54) is 42.5 Å². The van der Waals surface area contributed by atoms with Crippen LogP contribution in [0.1, 0.15) is 31.8 Å². The molecular formula is C22H14FNO5. The summed E-state index contributed by atoms with van der Waals surface area (Å²) in [6.45, 7) is -0.456. The first-order chi connectivity index (χ1) is 14.0. The number of carbonyl (C=O) groups is 3. The Hall–Kier alpha value is -4.00. The summed E-state index contributed by atoms with van der Waals surface area (Å²) < 4.78 is 18.2. The third-order valence-electron chi connectivity index (χ3n) is 4.52. The molecule has 0 saturated carbocycles. The van der Waals surface area contributed by atoms with Gasteiger partial charge >= 0.3 is 0 Å². The smallest absolute Gasteiger partial charge is 0.262 e. The Balaban J connectivity index is 1.54. The maximum Gasteiger partial charge on any atom is 0.262 e. The number of ether oxygens (including phenoxy) is 1. The van der Waals surface area contributed by atoms with Crippen LogP contribution < -0.4 is 10.1 Å². The average molecular weight is 391 g/mol. The highest BCUT2D eigenvalue weighted by atomic mass is 19.1. The summed E-state index contributed by atoms with van der Waals surface area (Å²) in [5.74, 6) is -2.43. The summed E-state index contributed by atoms with van der Waals surface area (Å²) >= 11 is 0. The van der Waals surface area contributed by atoms with Crippen molar-refractivity contribution in [2.24, 2.45) is 0 Å². The van der Waals surface area contributed by atoms with E-state index in [9.17, 15) is 23.9 Å². The number of hydrogen-bond donors (Lipinski definition) is 2. The second-order valence-electron chi connectivity index (χ2n) is 6.38. The highest BCUT2D eigenvalue weighted by molar-refractivity contribution is 6.29. The SMILES string of the molecule is O=C(COc1ccc2c(c1O)C(=O)c1ccccc1C2=O)Nc1ccc(F)cc1. The number of amides is 1. The number of ketones is 2. The number of rotatable bonds is 4. The Labute approximate surface area is 164 Å². The van der Waals surface area contributed by atoms with Crippen LogP contribution >= 0.6 is 0 Å². The van der Waals surface area contributed by atoms with Gasteiger partial charge in [0.2, 0.25) is 0 Å². The van der Waals surface area contributed by atoms with Gasteiger partial charge in [-0.1, -0.05) is 24.3 Å². The van der Waals surface area contributed by atoms with Gasteiger partial charge in [0.15, 0.2) is 29.7 Å². The Morgan fingerprint density at radius 2 is 1.55 bits per heavy atom. The molecule has 0 fully saturated rings. The van der Waals surface area contributed by atoms with Crippen molar-refractivity contribution < 1.29 is 28.6 Å². The predicted molar refractivity (Wildman–Crippen MR) is 102 cm³/mol. The van der Waals surface area contributed by atoms with Gasteiger partial charge in [0.05, 0.1) is 5.56 Å². The lowest BCUT2D eigenvalue weighted by molar-refractivity contribution is -0.118. The Kier molecular flexibility index (Phi) is 4.56. The first kappa shape index (κ1) is 18.4. The molecule has 0 saturated heterocycles. The monoisotopic (exact) mass is 391 g/mol. The largest absolute Gasteiger partial charge is 0.504 e. The molecule has 0 radical (unpaired) electrons. The molecule has 4 rings (SSSR count). The number of aromatic hydroxyl groups is 1. The van der Waals surface area contributed by atoms with E-state index in [4.69, 9.17) is 4.74 Å². The standard InChI is InChI=1S/C22H14FNO5/c23-12-5-7-13(8-6-12)24-18(25)11-29-17-10-9-16-19(22(17)28)21(27)15-4-2-1-3-14(15)20(16)26/h1-10,28H,11H2,(H,24,25). The minimum atomic E-state index is -0.540. The quantitative estimate of drug-likeness (QED) is 0.557. The lowest BCUT2D eigenvalue weighted by Gasteiger charge is -2.19. The fourth-order valence-electron chi connectivity index (χ4n) is 3.14. The van der Waals surface area contributed by atoms with Crippen LogP contribution in [0.5, 0.6) is 11.5 Å². The van der Waals surface area contributed by atoms with Crippen molar-refractivity contribution in [1.29, 1.82) is 0 Å². The highest BCUT2D eigenvalue weighted by Gasteiger charge is 2.33. The number of phenolic OH excluding ortho intramolecular Hbond substituents is 1. The molecule has 0 heterocycles. The van der Waals surface area contributed by atoms with E-state index in [0.29, 0.717) is 5.69 Å². The second-order valence-corrected chi connectivity index (χ2v) is 6.38. The number of phenols is 1. The Morgan fingerprint density at radius 3 is 2.24 bits per heavy atom. The molecule has 0 aromatic heterocycles. The molecule has 0 atom stereocenters. The molecule has 144 valence electrons. The molecule has 29 heavy (non-hydrogen) atoms. The van der Waals surface area contributed by atoms with Crippen LogP contribution in [0.2, 0.25) is 0 Å². The van der Waals surface area contributed by atoms with Crippen molar-refractivity contribution >= 4 is 23.2 Å². The van der Waals surface area contributed by atoms with Gasteiger partial charge in [0.25, 0.3) is 5.91 Å². The molecule has 2 N–H and O–H groups in total.